The van der Waals surface area contributed by atoms with Crippen molar-refractivity contribution in [2.45, 2.75) is 6.04 Å². The van der Waals surface area contributed by atoms with Crippen LogP contribution in [0.5, 0.6) is 0 Å². The molecule has 1 heterocycles. The van der Waals surface area contributed by atoms with Gasteiger partial charge in [-0.05, 0) is 35.9 Å². The summed E-state index contributed by atoms with van der Waals surface area (Å²) >= 11 is 16.9. The van der Waals surface area contributed by atoms with Crippen LogP contribution in [-0.2, 0) is 0 Å². The van der Waals surface area contributed by atoms with Gasteiger partial charge in [-0.15, -0.1) is 11.3 Å². The molecular formula is C11H9BrCl2N2S. The molecule has 0 saturated carbocycles. The van der Waals surface area contributed by atoms with Gasteiger partial charge in [-0.1, -0.05) is 39.1 Å². The van der Waals surface area contributed by atoms with Crippen LogP contribution in [0.25, 0.3) is 0 Å². The van der Waals surface area contributed by atoms with Crippen LogP contribution in [0.2, 0.25) is 9.36 Å². The monoisotopic (exact) mass is 350 g/mol. The van der Waals surface area contributed by atoms with Gasteiger partial charge in [0.15, 0.2) is 0 Å². The van der Waals surface area contributed by atoms with Crippen molar-refractivity contribution in [3.8, 4) is 0 Å². The van der Waals surface area contributed by atoms with Crippen molar-refractivity contribution in [2.75, 3.05) is 0 Å². The lowest BCUT2D eigenvalue weighted by atomic mass is 10.1. The average Bonchev–Trinajstić information content (AvgIpc) is 2.71. The molecule has 6 heteroatoms. The fourth-order valence-corrected chi connectivity index (χ4v) is 3.34. The molecule has 2 rings (SSSR count). The Morgan fingerprint density at radius 1 is 1.24 bits per heavy atom. The van der Waals surface area contributed by atoms with Gasteiger partial charge in [0.1, 0.15) is 0 Å². The molecule has 2 aromatic rings. The third-order valence-corrected chi connectivity index (χ3v) is 4.57. The van der Waals surface area contributed by atoms with Crippen LogP contribution >= 0.6 is 50.5 Å². The highest BCUT2D eigenvalue weighted by atomic mass is 79.9. The number of hydrogen-bond donors (Lipinski definition) is 2. The molecule has 1 unspecified atom stereocenters. The molecule has 2 nitrogen and oxygen atoms in total. The third-order valence-electron chi connectivity index (χ3n) is 2.31. The van der Waals surface area contributed by atoms with Crippen molar-refractivity contribution in [2.24, 2.45) is 5.84 Å². The second kappa shape index (κ2) is 5.69. The van der Waals surface area contributed by atoms with Crippen LogP contribution in [0.15, 0.2) is 34.8 Å². The van der Waals surface area contributed by atoms with Crippen LogP contribution < -0.4 is 11.3 Å². The number of nitrogens with one attached hydrogen (secondary N) is 1. The minimum Gasteiger partial charge on any atom is -0.271 e. The minimum atomic E-state index is -0.124. The van der Waals surface area contributed by atoms with Gasteiger partial charge in [0.25, 0.3) is 0 Å². The predicted molar refractivity (Wildman–Crippen MR) is 77.6 cm³/mol. The molecule has 0 aliphatic carbocycles. The van der Waals surface area contributed by atoms with Gasteiger partial charge in [-0.2, -0.15) is 0 Å². The summed E-state index contributed by atoms with van der Waals surface area (Å²) in [5.41, 5.74) is 3.76. The second-order valence-electron chi connectivity index (χ2n) is 3.41. The molecule has 1 aromatic carbocycles. The number of halogens is 3. The van der Waals surface area contributed by atoms with Crippen LogP contribution in [0.4, 0.5) is 0 Å². The van der Waals surface area contributed by atoms with Crippen molar-refractivity contribution < 1.29 is 0 Å². The predicted octanol–water partition coefficient (Wildman–Crippen LogP) is 4.37. The summed E-state index contributed by atoms with van der Waals surface area (Å²) in [5, 5.41) is 0.672. The van der Waals surface area contributed by atoms with Gasteiger partial charge in [-0.25, -0.2) is 5.43 Å². The Hall–Kier alpha value is -0.100. The third kappa shape index (κ3) is 3.02. The summed E-state index contributed by atoms with van der Waals surface area (Å²) in [6.45, 7) is 0. The summed E-state index contributed by atoms with van der Waals surface area (Å²) in [6.07, 6.45) is 0. The van der Waals surface area contributed by atoms with Crippen molar-refractivity contribution in [1.82, 2.24) is 5.43 Å². The van der Waals surface area contributed by atoms with Crippen LogP contribution in [0.1, 0.15) is 16.5 Å². The van der Waals surface area contributed by atoms with Gasteiger partial charge in [0.05, 0.1) is 10.4 Å². The van der Waals surface area contributed by atoms with E-state index in [1.807, 2.05) is 30.3 Å². The first-order valence-corrected chi connectivity index (χ1v) is 7.14. The second-order valence-corrected chi connectivity index (χ2v) is 6.44. The standard InChI is InChI=1S/C11H9BrCl2N2S/c12-8-2-1-6(13)5-7(8)11(16-15)9-3-4-10(14)17-9/h1-5,11,16H,15H2. The molecule has 0 amide bonds. The molecule has 0 bridgehead atoms. The zero-order valence-corrected chi connectivity index (χ0v) is 12.5. The van der Waals surface area contributed by atoms with E-state index in [1.165, 1.54) is 11.3 Å². The first-order valence-electron chi connectivity index (χ1n) is 4.78. The van der Waals surface area contributed by atoms with E-state index in [0.29, 0.717) is 5.02 Å². The molecule has 1 atom stereocenters. The maximum atomic E-state index is 6.00. The summed E-state index contributed by atoms with van der Waals surface area (Å²) in [5.74, 6) is 5.61. The Morgan fingerprint density at radius 3 is 2.59 bits per heavy atom. The zero-order valence-electron chi connectivity index (χ0n) is 8.58. The zero-order chi connectivity index (χ0) is 12.4. The molecule has 0 spiro atoms. The van der Waals surface area contributed by atoms with Crippen LogP contribution in [0.3, 0.4) is 0 Å². The van der Waals surface area contributed by atoms with Crippen molar-refractivity contribution >= 4 is 50.5 Å². The number of benzene rings is 1. The van der Waals surface area contributed by atoms with E-state index < -0.39 is 0 Å². The fourth-order valence-electron chi connectivity index (χ4n) is 1.54. The number of nitrogens with two attached hydrogens (primary N) is 1. The van der Waals surface area contributed by atoms with Gasteiger partial charge in [0, 0.05) is 14.4 Å². The first kappa shape index (κ1) is 13.3. The summed E-state index contributed by atoms with van der Waals surface area (Å²) in [6, 6.07) is 9.28. The lowest BCUT2D eigenvalue weighted by Crippen LogP contribution is -2.28. The van der Waals surface area contributed by atoms with E-state index >= 15 is 0 Å². The quantitative estimate of drug-likeness (QED) is 0.636. The Kier molecular flexibility index (Phi) is 4.47. The molecule has 0 saturated heterocycles. The van der Waals surface area contributed by atoms with Crippen molar-refractivity contribution in [1.29, 1.82) is 0 Å². The molecule has 3 N–H and O–H groups in total. The number of hydrogen-bond acceptors (Lipinski definition) is 3. The minimum absolute atomic E-state index is 0.124. The van der Waals surface area contributed by atoms with Crippen LogP contribution in [-0.4, -0.2) is 0 Å². The molecule has 90 valence electrons. The van der Waals surface area contributed by atoms with E-state index in [4.69, 9.17) is 29.0 Å². The van der Waals surface area contributed by atoms with E-state index in [2.05, 4.69) is 21.4 Å². The van der Waals surface area contributed by atoms with E-state index in [9.17, 15) is 0 Å². The van der Waals surface area contributed by atoms with E-state index in [-0.39, 0.29) is 6.04 Å². The first-order chi connectivity index (χ1) is 8.11. The van der Waals surface area contributed by atoms with Crippen molar-refractivity contribution in [3.63, 3.8) is 0 Å². The molecule has 0 aliphatic heterocycles. The van der Waals surface area contributed by atoms with Crippen molar-refractivity contribution in [3.05, 3.63) is 54.6 Å². The number of thiophene rings is 1. The van der Waals surface area contributed by atoms with Gasteiger partial charge < -0.3 is 0 Å². The number of rotatable bonds is 3. The Morgan fingerprint density at radius 2 is 2.00 bits per heavy atom. The molecule has 0 fully saturated rings. The van der Waals surface area contributed by atoms with Gasteiger partial charge in [0.2, 0.25) is 0 Å². The fraction of sp³-hybridized carbons (Fsp3) is 0.0909. The molecule has 0 radical (unpaired) electrons. The summed E-state index contributed by atoms with van der Waals surface area (Å²) in [4.78, 5) is 1.04. The lowest BCUT2D eigenvalue weighted by Gasteiger charge is -2.16. The maximum Gasteiger partial charge on any atom is 0.0931 e. The average molecular weight is 352 g/mol. The van der Waals surface area contributed by atoms with Gasteiger partial charge >= 0.3 is 0 Å². The van der Waals surface area contributed by atoms with E-state index in [0.717, 1.165) is 19.2 Å². The molecular weight excluding hydrogens is 343 g/mol. The Labute approximate surface area is 122 Å². The van der Waals surface area contributed by atoms with Crippen LogP contribution in [0, 0.1) is 0 Å². The SMILES string of the molecule is NNC(c1ccc(Cl)s1)c1cc(Cl)ccc1Br. The van der Waals surface area contributed by atoms with E-state index in [1.54, 1.807) is 0 Å². The highest BCUT2D eigenvalue weighted by Gasteiger charge is 2.17. The lowest BCUT2D eigenvalue weighted by molar-refractivity contribution is 0.644. The molecule has 0 aliphatic rings. The Balaban J connectivity index is 2.45. The highest BCUT2D eigenvalue weighted by Crippen LogP contribution is 2.34. The topological polar surface area (TPSA) is 38.0 Å². The molecule has 1 aromatic heterocycles. The summed E-state index contributed by atoms with van der Waals surface area (Å²) in [7, 11) is 0. The largest absolute Gasteiger partial charge is 0.271 e. The Bertz CT molecular complexity index is 530. The summed E-state index contributed by atoms with van der Waals surface area (Å²) < 4.78 is 1.69. The number of hydrazine groups is 1. The van der Waals surface area contributed by atoms with Gasteiger partial charge in [-0.3, -0.25) is 5.84 Å². The highest BCUT2D eigenvalue weighted by molar-refractivity contribution is 9.10. The normalized spacial score (nSPS) is 12.7. The maximum absolute atomic E-state index is 6.00. The molecule has 17 heavy (non-hydrogen) atoms. The smallest absolute Gasteiger partial charge is 0.0931 e.